The maximum absolute atomic E-state index is 13.5. The highest BCUT2D eigenvalue weighted by molar-refractivity contribution is 5.90. The third kappa shape index (κ3) is 5.35. The van der Waals surface area contributed by atoms with Crippen LogP contribution in [0.4, 0.5) is 20.6 Å². The Morgan fingerprint density at radius 2 is 1.92 bits per heavy atom. The van der Waals surface area contributed by atoms with E-state index in [1.165, 1.54) is 19.2 Å². The minimum atomic E-state index is -0.611. The first-order valence-corrected chi connectivity index (χ1v) is 8.01. The Labute approximate surface area is 152 Å². The fourth-order valence-electron chi connectivity index (χ4n) is 2.23. The van der Waals surface area contributed by atoms with Crippen molar-refractivity contribution >= 4 is 17.5 Å². The van der Waals surface area contributed by atoms with Gasteiger partial charge in [-0.3, -0.25) is 5.32 Å². The highest BCUT2D eigenvalue weighted by atomic mass is 19.1. The highest BCUT2D eigenvalue weighted by Gasteiger charge is 2.17. The Hall–Kier alpha value is -2.80. The summed E-state index contributed by atoms with van der Waals surface area (Å²) in [4.78, 5) is 11.9. The topological polar surface area (TPSA) is 82.8 Å². The number of methoxy groups -OCH3 is 1. The number of hydrogen-bond acceptors (Lipinski definition) is 5. The molecule has 0 saturated carbocycles. The number of halogens is 1. The van der Waals surface area contributed by atoms with Gasteiger partial charge >= 0.3 is 6.09 Å². The van der Waals surface area contributed by atoms with Crippen molar-refractivity contribution in [3.05, 3.63) is 42.2 Å². The summed E-state index contributed by atoms with van der Waals surface area (Å²) >= 11 is 0. The van der Waals surface area contributed by atoms with Crippen LogP contribution < -0.4 is 15.8 Å². The fraction of sp³-hybridized carbons (Fsp3) is 0.316. The summed E-state index contributed by atoms with van der Waals surface area (Å²) in [6.45, 7) is 5.31. The van der Waals surface area contributed by atoms with Crippen LogP contribution in [0.3, 0.4) is 0 Å². The first-order chi connectivity index (χ1) is 12.2. The molecule has 0 saturated heterocycles. The largest absolute Gasteiger partial charge is 0.467 e. The molecule has 7 heteroatoms. The molecule has 1 amide bonds. The molecule has 0 fully saturated rings. The Kier molecular flexibility index (Phi) is 6.05. The molecule has 0 aromatic heterocycles. The van der Waals surface area contributed by atoms with E-state index >= 15 is 0 Å². The van der Waals surface area contributed by atoms with Gasteiger partial charge in [0.1, 0.15) is 17.2 Å². The number of carbonyl (C=O) groups excluding carboxylic acids is 1. The predicted octanol–water partition coefficient (Wildman–Crippen LogP) is 4.40. The van der Waals surface area contributed by atoms with Gasteiger partial charge < -0.3 is 19.9 Å². The van der Waals surface area contributed by atoms with Crippen LogP contribution in [0.25, 0.3) is 11.1 Å². The van der Waals surface area contributed by atoms with E-state index in [0.717, 1.165) is 0 Å². The second-order valence-electron chi connectivity index (χ2n) is 6.62. The number of carbonyl (C=O) groups is 1. The van der Waals surface area contributed by atoms with Crippen LogP contribution in [0.5, 0.6) is 5.75 Å². The molecule has 0 spiro atoms. The summed E-state index contributed by atoms with van der Waals surface area (Å²) in [5.41, 5.74) is 7.56. The second kappa shape index (κ2) is 8.05. The van der Waals surface area contributed by atoms with E-state index in [1.807, 2.05) is 0 Å². The van der Waals surface area contributed by atoms with Gasteiger partial charge in [0, 0.05) is 18.7 Å². The average Bonchev–Trinajstić information content (AvgIpc) is 2.53. The van der Waals surface area contributed by atoms with Crippen LogP contribution >= 0.6 is 0 Å². The zero-order valence-corrected chi connectivity index (χ0v) is 15.3. The van der Waals surface area contributed by atoms with Crippen LogP contribution in [0.1, 0.15) is 20.8 Å². The van der Waals surface area contributed by atoms with Crippen molar-refractivity contribution < 1.29 is 23.4 Å². The smallest absolute Gasteiger partial charge is 0.412 e. The minimum absolute atomic E-state index is 0.00970. The van der Waals surface area contributed by atoms with Gasteiger partial charge in [-0.2, -0.15) is 0 Å². The highest BCUT2D eigenvalue weighted by Crippen LogP contribution is 2.34. The Morgan fingerprint density at radius 1 is 1.19 bits per heavy atom. The molecule has 0 aliphatic carbocycles. The molecule has 2 rings (SSSR count). The third-order valence-corrected chi connectivity index (χ3v) is 3.27. The van der Waals surface area contributed by atoms with Gasteiger partial charge in [0.15, 0.2) is 6.79 Å². The molecule has 0 aliphatic heterocycles. The van der Waals surface area contributed by atoms with E-state index in [9.17, 15) is 9.18 Å². The van der Waals surface area contributed by atoms with E-state index in [4.69, 9.17) is 19.9 Å². The number of ether oxygens (including phenoxy) is 3. The number of benzene rings is 2. The van der Waals surface area contributed by atoms with Gasteiger partial charge in [-0.25, -0.2) is 9.18 Å². The molecular weight excluding hydrogens is 339 g/mol. The molecule has 0 bridgehead atoms. The number of rotatable bonds is 5. The molecular formula is C19H23FN2O4. The second-order valence-corrected chi connectivity index (χ2v) is 6.62. The summed E-state index contributed by atoms with van der Waals surface area (Å²) in [6, 6.07) is 9.26. The number of nitrogens with two attached hydrogens (primary N) is 1. The van der Waals surface area contributed by atoms with Crippen LogP contribution in [-0.4, -0.2) is 25.6 Å². The lowest BCUT2D eigenvalue weighted by Gasteiger charge is -2.20. The molecule has 3 N–H and O–H groups in total. The van der Waals surface area contributed by atoms with Crippen molar-refractivity contribution in [3.63, 3.8) is 0 Å². The number of nitrogens with one attached hydrogen (secondary N) is 1. The summed E-state index contributed by atoms with van der Waals surface area (Å²) < 4.78 is 29.0. The molecule has 2 aromatic carbocycles. The first-order valence-electron chi connectivity index (χ1n) is 8.01. The van der Waals surface area contributed by atoms with Crippen molar-refractivity contribution in [1.29, 1.82) is 0 Å². The summed E-state index contributed by atoms with van der Waals surface area (Å²) in [5, 5.41) is 2.61. The van der Waals surface area contributed by atoms with E-state index in [-0.39, 0.29) is 6.79 Å². The van der Waals surface area contributed by atoms with Crippen LogP contribution in [0.15, 0.2) is 36.4 Å². The fourth-order valence-corrected chi connectivity index (χ4v) is 2.23. The van der Waals surface area contributed by atoms with Crippen LogP contribution in [0.2, 0.25) is 0 Å². The molecule has 0 unspecified atom stereocenters. The third-order valence-electron chi connectivity index (χ3n) is 3.27. The van der Waals surface area contributed by atoms with Gasteiger partial charge in [0.2, 0.25) is 0 Å². The number of amides is 1. The molecule has 2 aromatic rings. The molecule has 0 atom stereocenters. The number of nitrogen functional groups attached to an aromatic ring is 1. The van der Waals surface area contributed by atoms with E-state index in [1.54, 1.807) is 45.0 Å². The first kappa shape index (κ1) is 19.5. The van der Waals surface area contributed by atoms with Gasteiger partial charge in [0.25, 0.3) is 0 Å². The Bertz CT molecular complexity index is 788. The quantitative estimate of drug-likeness (QED) is 0.608. The normalized spacial score (nSPS) is 11.1. The summed E-state index contributed by atoms with van der Waals surface area (Å²) in [5.74, 6) is -0.0878. The standard InChI is InChI=1S/C19H23FN2O4/c1-19(2,3)26-18(23)22-16-8-5-12(9-15(16)21)14-7-6-13(20)10-17(14)25-11-24-4/h5-10H,11,21H2,1-4H3,(H,22,23). The van der Waals surface area contributed by atoms with E-state index < -0.39 is 17.5 Å². The van der Waals surface area contributed by atoms with Gasteiger partial charge in [0.05, 0.1) is 11.4 Å². The van der Waals surface area contributed by atoms with E-state index in [2.05, 4.69) is 5.32 Å². The van der Waals surface area contributed by atoms with Crippen molar-refractivity contribution in [2.75, 3.05) is 25.0 Å². The lowest BCUT2D eigenvalue weighted by molar-refractivity contribution is 0.0513. The van der Waals surface area contributed by atoms with Crippen molar-refractivity contribution in [2.45, 2.75) is 26.4 Å². The summed E-state index contributed by atoms with van der Waals surface area (Å²) in [7, 11) is 1.48. The van der Waals surface area contributed by atoms with Crippen molar-refractivity contribution in [2.24, 2.45) is 0 Å². The number of hydrogen-bond donors (Lipinski definition) is 2. The molecule has 6 nitrogen and oxygen atoms in total. The minimum Gasteiger partial charge on any atom is -0.467 e. The van der Waals surface area contributed by atoms with Crippen LogP contribution in [-0.2, 0) is 9.47 Å². The van der Waals surface area contributed by atoms with Crippen molar-refractivity contribution in [1.82, 2.24) is 0 Å². The van der Waals surface area contributed by atoms with Gasteiger partial charge in [-0.15, -0.1) is 0 Å². The zero-order chi connectivity index (χ0) is 19.3. The maximum atomic E-state index is 13.5. The summed E-state index contributed by atoms with van der Waals surface area (Å²) in [6.07, 6.45) is -0.595. The SMILES string of the molecule is COCOc1cc(F)ccc1-c1ccc(NC(=O)OC(C)(C)C)c(N)c1. The predicted molar refractivity (Wildman–Crippen MR) is 98.6 cm³/mol. The molecule has 0 radical (unpaired) electrons. The average molecular weight is 362 g/mol. The Morgan fingerprint density at radius 3 is 2.54 bits per heavy atom. The van der Waals surface area contributed by atoms with Gasteiger partial charge in [-0.1, -0.05) is 6.07 Å². The molecule has 26 heavy (non-hydrogen) atoms. The maximum Gasteiger partial charge on any atom is 0.412 e. The number of anilines is 2. The molecule has 0 aliphatic rings. The monoisotopic (exact) mass is 362 g/mol. The Balaban J connectivity index is 2.25. The van der Waals surface area contributed by atoms with Crippen LogP contribution in [0, 0.1) is 5.82 Å². The van der Waals surface area contributed by atoms with Crippen molar-refractivity contribution in [3.8, 4) is 16.9 Å². The lowest BCUT2D eigenvalue weighted by atomic mass is 10.0. The van der Waals surface area contributed by atoms with E-state index in [0.29, 0.717) is 28.3 Å². The molecule has 0 heterocycles. The lowest BCUT2D eigenvalue weighted by Crippen LogP contribution is -2.27. The molecule has 140 valence electrons. The van der Waals surface area contributed by atoms with Gasteiger partial charge in [-0.05, 0) is 50.6 Å². The zero-order valence-electron chi connectivity index (χ0n) is 15.3.